The molecule has 2 heteroatoms. The van der Waals surface area contributed by atoms with Gasteiger partial charge in [0.15, 0.2) is 0 Å². The Bertz CT molecular complexity index is 305. The molecule has 0 saturated heterocycles. The van der Waals surface area contributed by atoms with Crippen LogP contribution >= 0.6 is 0 Å². The normalized spacial score (nSPS) is 14.5. The summed E-state index contributed by atoms with van der Waals surface area (Å²) in [5.41, 5.74) is 0. The van der Waals surface area contributed by atoms with Crippen molar-refractivity contribution in [2.24, 2.45) is 0 Å². The Morgan fingerprint density at radius 3 is 1.91 bits per heavy atom. The molecule has 0 aliphatic heterocycles. The number of carbonyl (C=O) groups is 1. The number of allylic oxidation sites excluding steroid dienone is 2. The molecule has 0 aromatic rings. The smallest absolute Gasteiger partial charge is 0.306 e. The summed E-state index contributed by atoms with van der Waals surface area (Å²) in [7, 11) is 0. The summed E-state index contributed by atoms with van der Waals surface area (Å²) in [6.45, 7) is 2.27. The van der Waals surface area contributed by atoms with Crippen LogP contribution < -0.4 is 0 Å². The van der Waals surface area contributed by atoms with Gasteiger partial charge in [0.2, 0.25) is 0 Å². The number of ether oxygens (including phenoxy) is 1. The minimum absolute atomic E-state index is 0.0186. The summed E-state index contributed by atoms with van der Waals surface area (Å²) in [5, 5.41) is 0. The van der Waals surface area contributed by atoms with Crippen molar-refractivity contribution in [2.75, 3.05) is 0 Å². The highest BCUT2D eigenvalue weighted by Crippen LogP contribution is 2.24. The van der Waals surface area contributed by atoms with E-state index in [9.17, 15) is 4.79 Å². The van der Waals surface area contributed by atoms with Gasteiger partial charge >= 0.3 is 5.97 Å². The molecular formula is C21H38O2. The maximum Gasteiger partial charge on any atom is 0.306 e. The summed E-state index contributed by atoms with van der Waals surface area (Å²) in [6, 6.07) is 0. The second-order valence-electron chi connectivity index (χ2n) is 7.02. The van der Waals surface area contributed by atoms with Crippen molar-refractivity contribution in [1.29, 1.82) is 0 Å². The lowest BCUT2D eigenvalue weighted by atomic mass is 10.1. The first kappa shape index (κ1) is 20.3. The van der Waals surface area contributed by atoms with E-state index in [1.54, 1.807) is 0 Å². The maximum atomic E-state index is 11.4. The molecule has 0 unspecified atom stereocenters. The number of hydrogen-bond donors (Lipinski definition) is 0. The Hall–Kier alpha value is -0.790. The molecule has 134 valence electrons. The van der Waals surface area contributed by atoms with Crippen LogP contribution in [0, 0.1) is 0 Å². The predicted molar refractivity (Wildman–Crippen MR) is 98.6 cm³/mol. The fourth-order valence-electron chi connectivity index (χ4n) is 2.77. The summed E-state index contributed by atoms with van der Waals surface area (Å²) in [6.07, 6.45) is 24.6. The van der Waals surface area contributed by atoms with Crippen molar-refractivity contribution in [3.63, 3.8) is 0 Å². The van der Waals surface area contributed by atoms with E-state index in [-0.39, 0.29) is 12.1 Å². The summed E-state index contributed by atoms with van der Waals surface area (Å²) in [4.78, 5) is 11.4. The highest BCUT2D eigenvalue weighted by Gasteiger charge is 2.25. The van der Waals surface area contributed by atoms with E-state index in [1.807, 2.05) is 0 Å². The Morgan fingerprint density at radius 2 is 1.35 bits per heavy atom. The molecule has 0 aromatic heterocycles. The van der Waals surface area contributed by atoms with Gasteiger partial charge in [0.05, 0.1) is 0 Å². The Balaban J connectivity index is 1.71. The van der Waals surface area contributed by atoms with Gasteiger partial charge in [0, 0.05) is 6.42 Å². The average molecular weight is 323 g/mol. The van der Waals surface area contributed by atoms with Crippen molar-refractivity contribution in [3.05, 3.63) is 12.2 Å². The monoisotopic (exact) mass is 322 g/mol. The van der Waals surface area contributed by atoms with Crippen LogP contribution in [-0.4, -0.2) is 12.1 Å². The molecule has 0 atom stereocenters. The minimum Gasteiger partial charge on any atom is -0.462 e. The van der Waals surface area contributed by atoms with E-state index in [0.29, 0.717) is 6.42 Å². The third-order valence-electron chi connectivity index (χ3n) is 4.47. The molecule has 1 aliphatic rings. The second kappa shape index (κ2) is 14.8. The van der Waals surface area contributed by atoms with E-state index < -0.39 is 0 Å². The van der Waals surface area contributed by atoms with Crippen molar-refractivity contribution < 1.29 is 9.53 Å². The fraction of sp³-hybridized carbons (Fsp3) is 0.857. The Labute approximate surface area is 144 Å². The van der Waals surface area contributed by atoms with E-state index in [2.05, 4.69) is 19.1 Å². The van der Waals surface area contributed by atoms with Gasteiger partial charge in [-0.3, -0.25) is 4.79 Å². The highest BCUT2D eigenvalue weighted by molar-refractivity contribution is 5.69. The van der Waals surface area contributed by atoms with Crippen LogP contribution in [0.4, 0.5) is 0 Å². The first-order valence-electron chi connectivity index (χ1n) is 10.2. The maximum absolute atomic E-state index is 11.4. The zero-order valence-corrected chi connectivity index (χ0v) is 15.4. The molecule has 0 bridgehead atoms. The number of esters is 1. The van der Waals surface area contributed by atoms with Gasteiger partial charge in [-0.15, -0.1) is 0 Å². The van der Waals surface area contributed by atoms with Crippen LogP contribution in [0.3, 0.4) is 0 Å². The topological polar surface area (TPSA) is 26.3 Å². The lowest BCUT2D eigenvalue weighted by molar-refractivity contribution is -0.145. The first-order valence-corrected chi connectivity index (χ1v) is 10.2. The molecule has 0 spiro atoms. The van der Waals surface area contributed by atoms with Crippen molar-refractivity contribution in [1.82, 2.24) is 0 Å². The zero-order chi connectivity index (χ0) is 16.6. The van der Waals surface area contributed by atoms with Crippen LogP contribution in [0.2, 0.25) is 0 Å². The van der Waals surface area contributed by atoms with Gasteiger partial charge < -0.3 is 4.74 Å². The molecule has 1 aliphatic carbocycles. The molecule has 0 N–H and O–H groups in total. The van der Waals surface area contributed by atoms with Crippen LogP contribution in [0.25, 0.3) is 0 Å². The zero-order valence-electron chi connectivity index (χ0n) is 15.4. The molecule has 1 fully saturated rings. The second-order valence-corrected chi connectivity index (χ2v) is 7.02. The Morgan fingerprint density at radius 1 is 0.826 bits per heavy atom. The van der Waals surface area contributed by atoms with E-state index >= 15 is 0 Å². The molecule has 0 aromatic carbocycles. The average Bonchev–Trinajstić information content (AvgIpc) is 3.35. The van der Waals surface area contributed by atoms with Gasteiger partial charge in [0.25, 0.3) is 0 Å². The predicted octanol–water partition coefficient (Wildman–Crippen LogP) is 6.73. The highest BCUT2D eigenvalue weighted by atomic mass is 16.5. The van der Waals surface area contributed by atoms with Crippen LogP contribution in [0.5, 0.6) is 0 Å². The molecule has 23 heavy (non-hydrogen) atoms. The summed E-state index contributed by atoms with van der Waals surface area (Å²) in [5.74, 6) is 0.0186. The van der Waals surface area contributed by atoms with E-state index in [1.165, 1.54) is 77.0 Å². The van der Waals surface area contributed by atoms with E-state index in [0.717, 1.165) is 19.3 Å². The standard InChI is InChI=1S/C21H38O2/c1-2-3-4-5-6-7-8-9-10-11-12-13-14-15-16-17-21(22)23-20-18-19-20/h9-10,20H,2-8,11-19H2,1H3. The molecule has 2 nitrogen and oxygen atoms in total. The molecule has 0 heterocycles. The number of hydrogen-bond acceptors (Lipinski definition) is 2. The van der Waals surface area contributed by atoms with Gasteiger partial charge in [-0.25, -0.2) is 0 Å². The van der Waals surface area contributed by atoms with Crippen LogP contribution in [0.15, 0.2) is 12.2 Å². The summed E-state index contributed by atoms with van der Waals surface area (Å²) >= 11 is 0. The first-order chi connectivity index (χ1) is 11.3. The van der Waals surface area contributed by atoms with Crippen LogP contribution in [0.1, 0.15) is 110 Å². The Kier molecular flexibility index (Phi) is 13.0. The number of carbonyl (C=O) groups excluding carboxylic acids is 1. The van der Waals surface area contributed by atoms with Gasteiger partial charge in [0.1, 0.15) is 6.10 Å². The summed E-state index contributed by atoms with van der Waals surface area (Å²) < 4.78 is 5.23. The van der Waals surface area contributed by atoms with Gasteiger partial charge in [-0.1, -0.05) is 70.4 Å². The molecule has 1 saturated carbocycles. The van der Waals surface area contributed by atoms with Crippen molar-refractivity contribution >= 4 is 5.97 Å². The third kappa shape index (κ3) is 14.5. The van der Waals surface area contributed by atoms with Crippen LogP contribution in [-0.2, 0) is 9.53 Å². The molecule has 0 amide bonds. The fourth-order valence-corrected chi connectivity index (χ4v) is 2.77. The SMILES string of the molecule is CCCCCCCCC=CCCCCCCCC(=O)OC1CC1. The molecule has 0 radical (unpaired) electrons. The lowest BCUT2D eigenvalue weighted by Crippen LogP contribution is -2.05. The largest absolute Gasteiger partial charge is 0.462 e. The van der Waals surface area contributed by atoms with Gasteiger partial charge in [-0.05, 0) is 44.9 Å². The minimum atomic E-state index is 0.0186. The van der Waals surface area contributed by atoms with Crippen molar-refractivity contribution in [3.8, 4) is 0 Å². The number of unbranched alkanes of at least 4 members (excludes halogenated alkanes) is 11. The third-order valence-corrected chi connectivity index (χ3v) is 4.47. The molecule has 1 rings (SSSR count). The molecular weight excluding hydrogens is 284 g/mol. The number of rotatable bonds is 16. The van der Waals surface area contributed by atoms with E-state index in [4.69, 9.17) is 4.74 Å². The van der Waals surface area contributed by atoms with Gasteiger partial charge in [-0.2, -0.15) is 0 Å². The van der Waals surface area contributed by atoms with Crippen molar-refractivity contribution in [2.45, 2.75) is 116 Å². The lowest BCUT2D eigenvalue weighted by Gasteiger charge is -2.02. The quantitative estimate of drug-likeness (QED) is 0.179.